The highest BCUT2D eigenvalue weighted by atomic mass is 15.3. The van der Waals surface area contributed by atoms with Crippen LogP contribution in [0.3, 0.4) is 0 Å². The fourth-order valence-corrected chi connectivity index (χ4v) is 4.15. The van der Waals surface area contributed by atoms with E-state index in [1.165, 1.54) is 45.4 Å². The monoisotopic (exact) mass is 253 g/mol. The van der Waals surface area contributed by atoms with Crippen molar-refractivity contribution < 1.29 is 0 Å². The Kier molecular flexibility index (Phi) is 4.05. The molecule has 18 heavy (non-hydrogen) atoms. The first-order valence-electron chi connectivity index (χ1n) is 7.62. The minimum absolute atomic E-state index is 0.260. The van der Waals surface area contributed by atoms with Gasteiger partial charge in [-0.25, -0.2) is 0 Å². The molecule has 3 nitrogen and oxygen atoms in total. The third-order valence-electron chi connectivity index (χ3n) is 5.64. The molecule has 2 rings (SSSR count). The summed E-state index contributed by atoms with van der Waals surface area (Å²) in [6, 6.07) is 0.678. The first kappa shape index (κ1) is 14.3. The molecule has 106 valence electrons. The van der Waals surface area contributed by atoms with Gasteiger partial charge >= 0.3 is 0 Å². The van der Waals surface area contributed by atoms with Crippen molar-refractivity contribution in [3.63, 3.8) is 0 Å². The van der Waals surface area contributed by atoms with Crippen molar-refractivity contribution in [2.75, 3.05) is 32.7 Å². The highest BCUT2D eigenvalue weighted by Crippen LogP contribution is 2.49. The van der Waals surface area contributed by atoms with Crippen molar-refractivity contribution in [1.82, 2.24) is 9.80 Å². The quantitative estimate of drug-likeness (QED) is 0.834. The number of piperazine rings is 1. The van der Waals surface area contributed by atoms with Crippen LogP contribution in [0.1, 0.15) is 47.0 Å². The Balaban J connectivity index is 2.07. The van der Waals surface area contributed by atoms with Crippen LogP contribution in [0.4, 0.5) is 0 Å². The van der Waals surface area contributed by atoms with Crippen molar-refractivity contribution in [2.24, 2.45) is 11.1 Å². The topological polar surface area (TPSA) is 32.5 Å². The third kappa shape index (κ3) is 2.21. The molecule has 3 heteroatoms. The molecule has 2 N–H and O–H groups in total. The lowest BCUT2D eigenvalue weighted by Gasteiger charge is -2.52. The molecule has 0 spiro atoms. The van der Waals surface area contributed by atoms with E-state index in [1.54, 1.807) is 0 Å². The molecule has 1 atom stereocenters. The van der Waals surface area contributed by atoms with Crippen LogP contribution < -0.4 is 5.73 Å². The predicted octanol–water partition coefficient (Wildman–Crippen LogP) is 1.92. The molecule has 0 radical (unpaired) electrons. The predicted molar refractivity (Wildman–Crippen MR) is 77.7 cm³/mol. The van der Waals surface area contributed by atoms with Gasteiger partial charge in [0, 0.05) is 44.3 Å². The lowest BCUT2D eigenvalue weighted by atomic mass is 9.73. The Morgan fingerprint density at radius 3 is 2.06 bits per heavy atom. The van der Waals surface area contributed by atoms with Gasteiger partial charge in [0.25, 0.3) is 0 Å². The van der Waals surface area contributed by atoms with E-state index in [0.717, 1.165) is 6.54 Å². The summed E-state index contributed by atoms with van der Waals surface area (Å²) in [6.45, 7) is 15.1. The van der Waals surface area contributed by atoms with Crippen LogP contribution in [-0.4, -0.2) is 54.1 Å². The minimum Gasteiger partial charge on any atom is -0.329 e. The zero-order chi connectivity index (χ0) is 13.4. The number of nitrogens with zero attached hydrogens (tertiary/aromatic N) is 2. The first-order chi connectivity index (χ1) is 8.43. The van der Waals surface area contributed by atoms with Crippen LogP contribution in [0.2, 0.25) is 0 Å². The Labute approximate surface area is 113 Å². The molecule has 1 saturated carbocycles. The Morgan fingerprint density at radius 2 is 1.67 bits per heavy atom. The molecule has 0 bridgehead atoms. The molecule has 1 aliphatic carbocycles. The van der Waals surface area contributed by atoms with E-state index in [4.69, 9.17) is 5.73 Å². The number of hydrogen-bond donors (Lipinski definition) is 1. The van der Waals surface area contributed by atoms with Crippen LogP contribution in [-0.2, 0) is 0 Å². The summed E-state index contributed by atoms with van der Waals surface area (Å²) < 4.78 is 0. The molecule has 0 aromatic carbocycles. The van der Waals surface area contributed by atoms with Gasteiger partial charge in [-0.2, -0.15) is 0 Å². The van der Waals surface area contributed by atoms with Gasteiger partial charge in [0.1, 0.15) is 0 Å². The SMILES string of the molecule is CC(C)N1CCN(C2(CN)CCCC2(C)C)CC1. The number of rotatable bonds is 3. The van der Waals surface area contributed by atoms with Crippen LogP contribution in [0, 0.1) is 5.41 Å². The van der Waals surface area contributed by atoms with E-state index in [9.17, 15) is 0 Å². The van der Waals surface area contributed by atoms with Crippen molar-refractivity contribution in [1.29, 1.82) is 0 Å². The average Bonchev–Trinajstić information content (AvgIpc) is 2.65. The molecular weight excluding hydrogens is 222 g/mol. The van der Waals surface area contributed by atoms with Gasteiger partial charge in [-0.15, -0.1) is 0 Å². The zero-order valence-electron chi connectivity index (χ0n) is 12.7. The maximum atomic E-state index is 6.21. The maximum Gasteiger partial charge on any atom is 0.0383 e. The zero-order valence-corrected chi connectivity index (χ0v) is 12.7. The van der Waals surface area contributed by atoms with E-state index in [1.807, 2.05) is 0 Å². The van der Waals surface area contributed by atoms with E-state index < -0.39 is 0 Å². The summed E-state index contributed by atoms with van der Waals surface area (Å²) in [7, 11) is 0. The van der Waals surface area contributed by atoms with E-state index in [0.29, 0.717) is 11.5 Å². The molecule has 1 saturated heterocycles. The average molecular weight is 253 g/mol. The van der Waals surface area contributed by atoms with Crippen LogP contribution in [0.5, 0.6) is 0 Å². The third-order valence-corrected chi connectivity index (χ3v) is 5.64. The van der Waals surface area contributed by atoms with Crippen LogP contribution >= 0.6 is 0 Å². The second kappa shape index (κ2) is 5.10. The molecule has 1 unspecified atom stereocenters. The molecule has 2 fully saturated rings. The normalized spacial score (nSPS) is 34.3. The summed E-state index contributed by atoms with van der Waals surface area (Å²) in [4.78, 5) is 5.29. The number of nitrogens with two attached hydrogens (primary N) is 1. The molecular formula is C15H31N3. The molecule has 1 heterocycles. The second-order valence-corrected chi connectivity index (χ2v) is 7.09. The van der Waals surface area contributed by atoms with Gasteiger partial charge in [-0.05, 0) is 32.1 Å². The highest BCUT2D eigenvalue weighted by Gasteiger charge is 2.51. The fourth-order valence-electron chi connectivity index (χ4n) is 4.15. The van der Waals surface area contributed by atoms with Gasteiger partial charge in [-0.3, -0.25) is 9.80 Å². The van der Waals surface area contributed by atoms with Crippen LogP contribution in [0.15, 0.2) is 0 Å². The van der Waals surface area contributed by atoms with E-state index in [2.05, 4.69) is 37.5 Å². The minimum atomic E-state index is 0.260. The molecule has 0 amide bonds. The fraction of sp³-hybridized carbons (Fsp3) is 1.00. The summed E-state index contributed by atoms with van der Waals surface area (Å²) >= 11 is 0. The van der Waals surface area contributed by atoms with Gasteiger partial charge in [-0.1, -0.05) is 20.3 Å². The van der Waals surface area contributed by atoms with Gasteiger partial charge in [0.15, 0.2) is 0 Å². The summed E-state index contributed by atoms with van der Waals surface area (Å²) in [5.41, 5.74) is 6.85. The van der Waals surface area contributed by atoms with Crippen molar-refractivity contribution >= 4 is 0 Å². The largest absolute Gasteiger partial charge is 0.329 e. The smallest absolute Gasteiger partial charge is 0.0383 e. The lowest BCUT2D eigenvalue weighted by Crippen LogP contribution is -2.64. The van der Waals surface area contributed by atoms with Crippen molar-refractivity contribution in [2.45, 2.75) is 58.5 Å². The lowest BCUT2D eigenvalue weighted by molar-refractivity contribution is -0.0253. The summed E-state index contributed by atoms with van der Waals surface area (Å²) in [6.07, 6.45) is 3.96. The van der Waals surface area contributed by atoms with Crippen molar-refractivity contribution in [3.8, 4) is 0 Å². The Morgan fingerprint density at radius 1 is 1.06 bits per heavy atom. The molecule has 0 aromatic rings. The highest BCUT2D eigenvalue weighted by molar-refractivity contribution is 5.07. The standard InChI is InChI=1S/C15H31N3/c1-13(2)17-8-10-18(11-9-17)15(12-16)7-5-6-14(15,3)4/h13H,5-12,16H2,1-4H3. The number of hydrogen-bond acceptors (Lipinski definition) is 3. The summed E-state index contributed by atoms with van der Waals surface area (Å²) in [5.74, 6) is 0. The Bertz CT molecular complexity index is 279. The molecule has 2 aliphatic rings. The van der Waals surface area contributed by atoms with Gasteiger partial charge in [0.2, 0.25) is 0 Å². The van der Waals surface area contributed by atoms with E-state index >= 15 is 0 Å². The summed E-state index contributed by atoms with van der Waals surface area (Å²) in [5, 5.41) is 0. The Hall–Kier alpha value is -0.120. The maximum absolute atomic E-state index is 6.21. The van der Waals surface area contributed by atoms with Gasteiger partial charge in [0.05, 0.1) is 0 Å². The van der Waals surface area contributed by atoms with Crippen LogP contribution in [0.25, 0.3) is 0 Å². The van der Waals surface area contributed by atoms with E-state index in [-0.39, 0.29) is 5.54 Å². The molecule has 0 aromatic heterocycles. The molecule has 1 aliphatic heterocycles. The first-order valence-corrected chi connectivity index (χ1v) is 7.62. The van der Waals surface area contributed by atoms with Gasteiger partial charge < -0.3 is 5.73 Å². The van der Waals surface area contributed by atoms with Crippen molar-refractivity contribution in [3.05, 3.63) is 0 Å². The second-order valence-electron chi connectivity index (χ2n) is 7.09.